The molecule has 0 aliphatic carbocycles. The molecule has 1 atom stereocenters. The SMILES string of the molecule is CCCNC(=O)C(C)OC(=O)c1cccc([N+](=O)[O-])c1C. The maximum Gasteiger partial charge on any atom is 0.339 e. The standard InChI is InChI=1S/C14H18N2O5/c1-4-8-15-13(17)10(3)21-14(18)11-6-5-7-12(9(11)2)16(19)20/h5-7,10H,4,8H2,1-3H3,(H,15,17). The zero-order valence-electron chi connectivity index (χ0n) is 12.2. The predicted octanol–water partition coefficient (Wildman–Crippen LogP) is 1.97. The Morgan fingerprint density at radius 2 is 2.10 bits per heavy atom. The van der Waals surface area contributed by atoms with Crippen molar-refractivity contribution in [3.8, 4) is 0 Å². The van der Waals surface area contributed by atoms with E-state index in [0.717, 1.165) is 6.42 Å². The monoisotopic (exact) mass is 294 g/mol. The highest BCUT2D eigenvalue weighted by Crippen LogP contribution is 2.22. The number of carbonyl (C=O) groups excluding carboxylic acids is 2. The first-order valence-electron chi connectivity index (χ1n) is 6.61. The molecule has 0 spiro atoms. The Morgan fingerprint density at radius 1 is 1.43 bits per heavy atom. The van der Waals surface area contributed by atoms with Crippen LogP contribution in [-0.4, -0.2) is 29.4 Å². The van der Waals surface area contributed by atoms with Crippen LogP contribution in [0.3, 0.4) is 0 Å². The number of esters is 1. The zero-order valence-corrected chi connectivity index (χ0v) is 12.2. The van der Waals surface area contributed by atoms with Crippen molar-refractivity contribution in [1.82, 2.24) is 5.32 Å². The Bertz CT molecular complexity index is 556. The molecule has 0 aliphatic heterocycles. The van der Waals surface area contributed by atoms with Crippen molar-refractivity contribution >= 4 is 17.6 Å². The molecule has 0 fully saturated rings. The average Bonchev–Trinajstić information content (AvgIpc) is 2.44. The van der Waals surface area contributed by atoms with Crippen molar-refractivity contribution in [3.05, 3.63) is 39.4 Å². The van der Waals surface area contributed by atoms with Gasteiger partial charge in [0.05, 0.1) is 10.5 Å². The smallest absolute Gasteiger partial charge is 0.339 e. The van der Waals surface area contributed by atoms with Crippen LogP contribution < -0.4 is 5.32 Å². The number of ether oxygens (including phenoxy) is 1. The van der Waals surface area contributed by atoms with E-state index in [2.05, 4.69) is 5.32 Å². The van der Waals surface area contributed by atoms with E-state index >= 15 is 0 Å². The van der Waals surface area contributed by atoms with Gasteiger partial charge in [-0.05, 0) is 26.3 Å². The van der Waals surface area contributed by atoms with E-state index < -0.39 is 22.9 Å². The molecule has 1 aromatic carbocycles. The second kappa shape index (κ2) is 7.37. The van der Waals surface area contributed by atoms with Crippen LogP contribution in [0, 0.1) is 17.0 Å². The van der Waals surface area contributed by atoms with E-state index in [0.29, 0.717) is 6.54 Å². The predicted molar refractivity (Wildman–Crippen MR) is 76.0 cm³/mol. The summed E-state index contributed by atoms with van der Waals surface area (Å²) < 4.78 is 5.04. The summed E-state index contributed by atoms with van der Waals surface area (Å²) in [6.45, 7) is 5.33. The number of hydrogen-bond donors (Lipinski definition) is 1. The highest BCUT2D eigenvalue weighted by atomic mass is 16.6. The largest absolute Gasteiger partial charge is 0.449 e. The molecule has 0 saturated heterocycles. The van der Waals surface area contributed by atoms with Gasteiger partial charge >= 0.3 is 5.97 Å². The van der Waals surface area contributed by atoms with E-state index in [-0.39, 0.29) is 16.8 Å². The van der Waals surface area contributed by atoms with E-state index in [4.69, 9.17) is 4.74 Å². The van der Waals surface area contributed by atoms with Gasteiger partial charge in [-0.15, -0.1) is 0 Å². The second-order valence-electron chi connectivity index (χ2n) is 4.55. The fourth-order valence-corrected chi connectivity index (χ4v) is 1.71. The van der Waals surface area contributed by atoms with Crippen LogP contribution in [0.15, 0.2) is 18.2 Å². The van der Waals surface area contributed by atoms with Crippen LogP contribution >= 0.6 is 0 Å². The van der Waals surface area contributed by atoms with E-state index in [9.17, 15) is 19.7 Å². The third-order valence-electron chi connectivity index (χ3n) is 2.92. The summed E-state index contributed by atoms with van der Waals surface area (Å²) >= 11 is 0. The number of benzene rings is 1. The number of carbonyl (C=O) groups is 2. The van der Waals surface area contributed by atoms with Crippen LogP contribution in [0.2, 0.25) is 0 Å². The molecule has 7 heteroatoms. The summed E-state index contributed by atoms with van der Waals surface area (Å²) in [6.07, 6.45) is -0.182. The molecule has 7 nitrogen and oxygen atoms in total. The Kier molecular flexibility index (Phi) is 5.83. The van der Waals surface area contributed by atoms with Crippen molar-refractivity contribution in [2.24, 2.45) is 0 Å². The molecule has 21 heavy (non-hydrogen) atoms. The highest BCUT2D eigenvalue weighted by Gasteiger charge is 2.22. The van der Waals surface area contributed by atoms with Gasteiger partial charge in [0, 0.05) is 18.2 Å². The molecule has 0 heterocycles. The minimum absolute atomic E-state index is 0.0827. The Morgan fingerprint density at radius 3 is 2.67 bits per heavy atom. The first-order valence-corrected chi connectivity index (χ1v) is 6.61. The molecule has 1 unspecified atom stereocenters. The fourth-order valence-electron chi connectivity index (χ4n) is 1.71. The summed E-state index contributed by atoms with van der Waals surface area (Å²) in [5.74, 6) is -1.15. The van der Waals surface area contributed by atoms with E-state index in [1.165, 1.54) is 32.0 Å². The normalized spacial score (nSPS) is 11.6. The topological polar surface area (TPSA) is 98.5 Å². The molecular formula is C14H18N2O5. The molecular weight excluding hydrogens is 276 g/mol. The van der Waals surface area contributed by atoms with Gasteiger partial charge in [-0.25, -0.2) is 4.79 Å². The Balaban J connectivity index is 2.83. The van der Waals surface area contributed by atoms with Crippen molar-refractivity contribution in [2.45, 2.75) is 33.3 Å². The van der Waals surface area contributed by atoms with Gasteiger partial charge in [-0.2, -0.15) is 0 Å². The maximum absolute atomic E-state index is 12.0. The minimum Gasteiger partial charge on any atom is -0.449 e. The summed E-state index contributed by atoms with van der Waals surface area (Å²) in [5.41, 5.74) is 0.139. The molecule has 114 valence electrons. The van der Waals surface area contributed by atoms with Crippen molar-refractivity contribution in [3.63, 3.8) is 0 Å². The van der Waals surface area contributed by atoms with Crippen molar-refractivity contribution in [1.29, 1.82) is 0 Å². The van der Waals surface area contributed by atoms with Gasteiger partial charge in [0.15, 0.2) is 6.10 Å². The van der Waals surface area contributed by atoms with Crippen LogP contribution in [-0.2, 0) is 9.53 Å². The van der Waals surface area contributed by atoms with Crippen LogP contribution in [0.5, 0.6) is 0 Å². The molecule has 0 saturated carbocycles. The third-order valence-corrected chi connectivity index (χ3v) is 2.92. The summed E-state index contributed by atoms with van der Waals surface area (Å²) in [4.78, 5) is 33.9. The van der Waals surface area contributed by atoms with Crippen LogP contribution in [0.1, 0.15) is 36.2 Å². The average molecular weight is 294 g/mol. The number of rotatable bonds is 6. The lowest BCUT2D eigenvalue weighted by Crippen LogP contribution is -2.36. The minimum atomic E-state index is -0.956. The number of nitrogens with zero attached hydrogens (tertiary/aromatic N) is 1. The first kappa shape index (κ1) is 16.6. The van der Waals surface area contributed by atoms with Gasteiger partial charge in [0.1, 0.15) is 0 Å². The molecule has 0 radical (unpaired) electrons. The van der Waals surface area contributed by atoms with Gasteiger partial charge in [-0.1, -0.05) is 13.0 Å². The van der Waals surface area contributed by atoms with E-state index in [1.807, 2.05) is 6.92 Å². The summed E-state index contributed by atoms with van der Waals surface area (Å²) in [5, 5.41) is 13.4. The Labute approximate surface area is 122 Å². The number of amides is 1. The van der Waals surface area contributed by atoms with Gasteiger partial charge < -0.3 is 10.1 Å². The zero-order chi connectivity index (χ0) is 16.0. The quantitative estimate of drug-likeness (QED) is 0.491. The molecule has 1 amide bonds. The lowest BCUT2D eigenvalue weighted by Gasteiger charge is -2.14. The Hall–Kier alpha value is -2.44. The summed E-state index contributed by atoms with van der Waals surface area (Å²) in [6, 6.07) is 4.15. The maximum atomic E-state index is 12.0. The lowest BCUT2D eigenvalue weighted by molar-refractivity contribution is -0.385. The number of nitro groups is 1. The molecule has 0 bridgehead atoms. The first-order chi connectivity index (χ1) is 9.88. The van der Waals surface area contributed by atoms with Gasteiger partial charge in [0.25, 0.3) is 11.6 Å². The molecule has 1 rings (SSSR count). The van der Waals surface area contributed by atoms with E-state index in [1.54, 1.807) is 0 Å². The summed E-state index contributed by atoms with van der Waals surface area (Å²) in [7, 11) is 0. The van der Waals surface area contributed by atoms with Gasteiger partial charge in [-0.3, -0.25) is 14.9 Å². The molecule has 0 aliphatic rings. The van der Waals surface area contributed by atoms with Crippen molar-refractivity contribution < 1.29 is 19.2 Å². The molecule has 1 aromatic rings. The van der Waals surface area contributed by atoms with Gasteiger partial charge in [0.2, 0.25) is 0 Å². The molecule has 1 N–H and O–H groups in total. The number of hydrogen-bond acceptors (Lipinski definition) is 5. The number of nitro benzene ring substituents is 1. The fraction of sp³-hybridized carbons (Fsp3) is 0.429. The van der Waals surface area contributed by atoms with Crippen LogP contribution in [0.4, 0.5) is 5.69 Å². The van der Waals surface area contributed by atoms with Crippen molar-refractivity contribution in [2.75, 3.05) is 6.54 Å². The number of nitrogens with one attached hydrogen (secondary N) is 1. The third kappa shape index (κ3) is 4.27. The second-order valence-corrected chi connectivity index (χ2v) is 4.55. The highest BCUT2D eigenvalue weighted by molar-refractivity contribution is 5.94. The molecule has 0 aromatic heterocycles. The van der Waals surface area contributed by atoms with Crippen LogP contribution in [0.25, 0.3) is 0 Å². The lowest BCUT2D eigenvalue weighted by atomic mass is 10.1.